The standard InChI is InChI=1S/C21H30N2O4/c1-3-27-21(25)22-12-9-18(10-13-22)23-11-5-7-17(15-23)20(24)16-6-4-8-19(14-16)26-2/h4,6,8,14,17-18H,3,5,7,9-13,15H2,1-2H3/t17-/m0/s1. The first-order valence-electron chi connectivity index (χ1n) is 9.96. The van der Waals surface area contributed by atoms with Gasteiger partial charge < -0.3 is 14.4 Å². The van der Waals surface area contributed by atoms with Crippen LogP contribution in [0.15, 0.2) is 24.3 Å². The number of hydrogen-bond acceptors (Lipinski definition) is 5. The lowest BCUT2D eigenvalue weighted by atomic mass is 9.88. The summed E-state index contributed by atoms with van der Waals surface area (Å²) in [6.45, 7) is 5.55. The summed E-state index contributed by atoms with van der Waals surface area (Å²) in [4.78, 5) is 29.1. The van der Waals surface area contributed by atoms with Gasteiger partial charge in [-0.05, 0) is 51.3 Å². The third-order valence-electron chi connectivity index (χ3n) is 5.68. The van der Waals surface area contributed by atoms with Gasteiger partial charge in [-0.25, -0.2) is 4.79 Å². The van der Waals surface area contributed by atoms with Crippen molar-refractivity contribution in [1.82, 2.24) is 9.80 Å². The van der Waals surface area contributed by atoms with Crippen LogP contribution < -0.4 is 4.74 Å². The van der Waals surface area contributed by atoms with Gasteiger partial charge in [0.15, 0.2) is 5.78 Å². The zero-order valence-electron chi connectivity index (χ0n) is 16.4. The molecule has 2 aliphatic rings. The van der Waals surface area contributed by atoms with Crippen LogP contribution in [0.2, 0.25) is 0 Å². The number of amides is 1. The molecule has 2 fully saturated rings. The predicted octanol–water partition coefficient (Wildman–Crippen LogP) is 3.21. The number of ether oxygens (including phenoxy) is 2. The largest absolute Gasteiger partial charge is 0.497 e. The second-order valence-electron chi connectivity index (χ2n) is 7.35. The molecular formula is C21H30N2O4. The minimum absolute atomic E-state index is 0.0361. The molecular weight excluding hydrogens is 344 g/mol. The number of nitrogens with zero attached hydrogens (tertiary/aromatic N) is 2. The molecule has 0 spiro atoms. The number of ketones is 1. The number of hydrogen-bond donors (Lipinski definition) is 0. The molecule has 1 aromatic carbocycles. The van der Waals surface area contributed by atoms with E-state index >= 15 is 0 Å². The van der Waals surface area contributed by atoms with Crippen molar-refractivity contribution in [2.75, 3.05) is 39.9 Å². The van der Waals surface area contributed by atoms with E-state index in [1.807, 2.05) is 31.2 Å². The summed E-state index contributed by atoms with van der Waals surface area (Å²) in [6, 6.07) is 7.89. The van der Waals surface area contributed by atoms with Gasteiger partial charge in [0.25, 0.3) is 0 Å². The third-order valence-corrected chi connectivity index (χ3v) is 5.68. The van der Waals surface area contributed by atoms with Gasteiger partial charge in [-0.3, -0.25) is 9.69 Å². The first kappa shape index (κ1) is 19.7. The van der Waals surface area contributed by atoms with E-state index in [9.17, 15) is 9.59 Å². The fourth-order valence-corrected chi connectivity index (χ4v) is 4.19. The maximum Gasteiger partial charge on any atom is 0.409 e. The molecule has 3 rings (SSSR count). The average molecular weight is 374 g/mol. The number of rotatable bonds is 5. The summed E-state index contributed by atoms with van der Waals surface area (Å²) in [5.41, 5.74) is 0.735. The molecule has 0 bridgehead atoms. The highest BCUT2D eigenvalue weighted by Gasteiger charge is 2.33. The molecule has 2 saturated heterocycles. The highest BCUT2D eigenvalue weighted by Crippen LogP contribution is 2.27. The topological polar surface area (TPSA) is 59.1 Å². The number of methoxy groups -OCH3 is 1. The summed E-state index contributed by atoms with van der Waals surface area (Å²) >= 11 is 0. The van der Waals surface area contributed by atoms with Crippen LogP contribution >= 0.6 is 0 Å². The van der Waals surface area contributed by atoms with E-state index in [0.717, 1.165) is 63.2 Å². The summed E-state index contributed by atoms with van der Waals surface area (Å²) in [5, 5.41) is 0. The van der Waals surface area contributed by atoms with Crippen molar-refractivity contribution in [2.24, 2.45) is 5.92 Å². The molecule has 0 aliphatic carbocycles. The van der Waals surface area contributed by atoms with Crippen molar-refractivity contribution in [1.29, 1.82) is 0 Å². The molecule has 0 saturated carbocycles. The molecule has 2 heterocycles. The highest BCUT2D eigenvalue weighted by molar-refractivity contribution is 5.98. The predicted molar refractivity (Wildman–Crippen MR) is 103 cm³/mol. The Morgan fingerprint density at radius 3 is 2.63 bits per heavy atom. The second-order valence-corrected chi connectivity index (χ2v) is 7.35. The number of Topliss-reactive ketones (excluding diaryl/α,β-unsaturated/α-hetero) is 1. The van der Waals surface area contributed by atoms with Crippen molar-refractivity contribution < 1.29 is 19.1 Å². The minimum Gasteiger partial charge on any atom is -0.497 e. The number of carbonyl (C=O) groups excluding carboxylic acids is 2. The maximum absolute atomic E-state index is 13.0. The Kier molecular flexibility index (Phi) is 6.72. The molecule has 2 aliphatic heterocycles. The number of benzene rings is 1. The van der Waals surface area contributed by atoms with Gasteiger partial charge in [0.1, 0.15) is 5.75 Å². The molecule has 27 heavy (non-hydrogen) atoms. The van der Waals surface area contributed by atoms with Crippen LogP contribution in [0, 0.1) is 5.92 Å². The Balaban J connectivity index is 1.56. The average Bonchev–Trinajstić information content (AvgIpc) is 2.73. The van der Waals surface area contributed by atoms with Gasteiger partial charge in [-0.2, -0.15) is 0 Å². The summed E-state index contributed by atoms with van der Waals surface area (Å²) < 4.78 is 10.3. The Labute approximate surface area is 161 Å². The van der Waals surface area contributed by atoms with Crippen molar-refractivity contribution in [2.45, 2.75) is 38.6 Å². The molecule has 0 radical (unpaired) electrons. The van der Waals surface area contributed by atoms with Gasteiger partial charge in [0.05, 0.1) is 13.7 Å². The van der Waals surface area contributed by atoms with E-state index in [1.165, 1.54) is 0 Å². The monoisotopic (exact) mass is 374 g/mol. The van der Waals surface area contributed by atoms with E-state index in [-0.39, 0.29) is 17.8 Å². The summed E-state index contributed by atoms with van der Waals surface area (Å²) in [6.07, 6.45) is 3.66. The molecule has 6 nitrogen and oxygen atoms in total. The van der Waals surface area contributed by atoms with E-state index in [0.29, 0.717) is 12.6 Å². The number of likely N-dealkylation sites (tertiary alicyclic amines) is 2. The number of piperidine rings is 2. The molecule has 1 atom stereocenters. The molecule has 6 heteroatoms. The smallest absolute Gasteiger partial charge is 0.409 e. The van der Waals surface area contributed by atoms with Crippen LogP contribution in [0.5, 0.6) is 5.75 Å². The summed E-state index contributed by atoms with van der Waals surface area (Å²) in [5.74, 6) is 0.969. The molecule has 1 amide bonds. The highest BCUT2D eigenvalue weighted by atomic mass is 16.6. The SMILES string of the molecule is CCOC(=O)N1CCC(N2CCC[C@H](C(=O)c3cccc(OC)c3)C2)CC1. The first-order valence-corrected chi connectivity index (χ1v) is 9.96. The van der Waals surface area contributed by atoms with Crippen LogP contribution in [0.25, 0.3) is 0 Å². The van der Waals surface area contributed by atoms with Crippen LogP contribution in [0.4, 0.5) is 4.79 Å². The van der Waals surface area contributed by atoms with Crippen LogP contribution in [-0.2, 0) is 4.74 Å². The zero-order chi connectivity index (χ0) is 19.2. The third kappa shape index (κ3) is 4.80. The van der Waals surface area contributed by atoms with Gasteiger partial charge in [-0.15, -0.1) is 0 Å². The molecule has 0 N–H and O–H groups in total. The van der Waals surface area contributed by atoms with E-state index in [1.54, 1.807) is 12.0 Å². The van der Waals surface area contributed by atoms with Crippen LogP contribution in [-0.4, -0.2) is 67.6 Å². The lowest BCUT2D eigenvalue weighted by Crippen LogP contribution is -2.50. The van der Waals surface area contributed by atoms with Crippen molar-refractivity contribution in [3.8, 4) is 5.75 Å². The van der Waals surface area contributed by atoms with Crippen LogP contribution in [0.1, 0.15) is 43.0 Å². The lowest BCUT2D eigenvalue weighted by Gasteiger charge is -2.41. The fraction of sp³-hybridized carbons (Fsp3) is 0.619. The zero-order valence-corrected chi connectivity index (χ0v) is 16.4. The fourth-order valence-electron chi connectivity index (χ4n) is 4.19. The minimum atomic E-state index is -0.208. The quantitative estimate of drug-likeness (QED) is 0.741. The lowest BCUT2D eigenvalue weighted by molar-refractivity contribution is 0.0532. The van der Waals surface area contributed by atoms with E-state index in [4.69, 9.17) is 9.47 Å². The molecule has 0 unspecified atom stereocenters. The normalized spacial score (nSPS) is 21.7. The van der Waals surface area contributed by atoms with Gasteiger partial charge in [0.2, 0.25) is 0 Å². The molecule has 148 valence electrons. The molecule has 0 aromatic heterocycles. The van der Waals surface area contributed by atoms with Gasteiger partial charge in [0, 0.05) is 37.2 Å². The first-order chi connectivity index (χ1) is 13.1. The van der Waals surface area contributed by atoms with E-state index < -0.39 is 0 Å². The summed E-state index contributed by atoms with van der Waals surface area (Å²) in [7, 11) is 1.62. The van der Waals surface area contributed by atoms with Crippen LogP contribution in [0.3, 0.4) is 0 Å². The van der Waals surface area contributed by atoms with Crippen molar-refractivity contribution in [3.63, 3.8) is 0 Å². The Bertz CT molecular complexity index is 655. The Morgan fingerprint density at radius 1 is 1.15 bits per heavy atom. The van der Waals surface area contributed by atoms with Gasteiger partial charge in [-0.1, -0.05) is 12.1 Å². The molecule has 1 aromatic rings. The van der Waals surface area contributed by atoms with E-state index in [2.05, 4.69) is 4.90 Å². The second kappa shape index (κ2) is 9.22. The Morgan fingerprint density at radius 2 is 1.93 bits per heavy atom. The van der Waals surface area contributed by atoms with Crippen molar-refractivity contribution >= 4 is 11.9 Å². The number of carbonyl (C=O) groups is 2. The van der Waals surface area contributed by atoms with Crippen molar-refractivity contribution in [3.05, 3.63) is 29.8 Å². The maximum atomic E-state index is 13.0. The van der Waals surface area contributed by atoms with Gasteiger partial charge >= 0.3 is 6.09 Å². The Hall–Kier alpha value is -2.08.